The number of hydrogen-bond acceptors (Lipinski definition) is 4. The van der Waals surface area contributed by atoms with Gasteiger partial charge in [0.25, 0.3) is 0 Å². The van der Waals surface area contributed by atoms with E-state index in [9.17, 15) is 5.11 Å². The van der Waals surface area contributed by atoms with Crippen LogP contribution < -0.4 is 0 Å². The molecule has 2 rings (SSSR count). The molecule has 0 spiro atoms. The lowest BCUT2D eigenvalue weighted by molar-refractivity contribution is -0.0777. The van der Waals surface area contributed by atoms with Gasteiger partial charge in [0.05, 0.1) is 5.60 Å². The highest BCUT2D eigenvalue weighted by Crippen LogP contribution is 2.22. The molecule has 0 radical (unpaired) electrons. The third-order valence-corrected chi connectivity index (χ3v) is 3.75. The van der Waals surface area contributed by atoms with Crippen LogP contribution in [0.15, 0.2) is 16.8 Å². The van der Waals surface area contributed by atoms with Gasteiger partial charge in [0.2, 0.25) is 0 Å². The third-order valence-electron chi connectivity index (χ3n) is 3.02. The minimum atomic E-state index is -0.553. The number of thiophene rings is 1. The molecule has 0 bridgehead atoms. The van der Waals surface area contributed by atoms with E-state index in [0.717, 1.165) is 25.9 Å². The van der Waals surface area contributed by atoms with Gasteiger partial charge < -0.3 is 9.84 Å². The van der Waals surface area contributed by atoms with E-state index in [1.807, 2.05) is 0 Å². The van der Waals surface area contributed by atoms with Crippen molar-refractivity contribution in [1.29, 1.82) is 0 Å². The Morgan fingerprint density at radius 2 is 2.25 bits per heavy atom. The summed E-state index contributed by atoms with van der Waals surface area (Å²) in [6.07, 6.45) is 1.50. The Hall–Kier alpha value is -0.420. The van der Waals surface area contributed by atoms with Crippen LogP contribution in [0.25, 0.3) is 0 Å². The van der Waals surface area contributed by atoms with Gasteiger partial charge in [0.15, 0.2) is 0 Å². The van der Waals surface area contributed by atoms with E-state index in [0.29, 0.717) is 13.2 Å². The fourth-order valence-electron chi connectivity index (χ4n) is 2.16. The van der Waals surface area contributed by atoms with Crippen molar-refractivity contribution >= 4 is 11.3 Å². The second kappa shape index (κ2) is 5.27. The van der Waals surface area contributed by atoms with Gasteiger partial charge >= 0.3 is 0 Å². The molecule has 16 heavy (non-hydrogen) atoms. The van der Waals surface area contributed by atoms with Crippen LogP contribution in [0.1, 0.15) is 18.4 Å². The fourth-order valence-corrected chi connectivity index (χ4v) is 2.82. The Morgan fingerprint density at radius 1 is 1.50 bits per heavy atom. The maximum atomic E-state index is 10.4. The average molecular weight is 241 g/mol. The van der Waals surface area contributed by atoms with Crippen molar-refractivity contribution in [2.75, 3.05) is 26.8 Å². The van der Waals surface area contributed by atoms with Crippen molar-refractivity contribution in [2.45, 2.75) is 25.0 Å². The monoisotopic (exact) mass is 241 g/mol. The Morgan fingerprint density at radius 3 is 2.88 bits per heavy atom. The first-order valence-electron chi connectivity index (χ1n) is 5.68. The summed E-state index contributed by atoms with van der Waals surface area (Å²) < 4.78 is 5.28. The van der Waals surface area contributed by atoms with Crippen molar-refractivity contribution in [1.82, 2.24) is 4.90 Å². The molecule has 0 amide bonds. The maximum absolute atomic E-state index is 10.4. The summed E-state index contributed by atoms with van der Waals surface area (Å²) in [5, 5.41) is 14.6. The minimum absolute atomic E-state index is 0.553. The molecule has 4 heteroatoms. The summed E-state index contributed by atoms with van der Waals surface area (Å²) in [7, 11) is 2.06. The minimum Gasteiger partial charge on any atom is -0.388 e. The molecule has 1 saturated heterocycles. The molecule has 3 nitrogen and oxygen atoms in total. The number of aliphatic hydroxyl groups is 1. The molecule has 0 aromatic carbocycles. The van der Waals surface area contributed by atoms with Crippen molar-refractivity contribution < 1.29 is 9.84 Å². The highest BCUT2D eigenvalue weighted by molar-refractivity contribution is 7.07. The molecule has 0 atom stereocenters. The summed E-state index contributed by atoms with van der Waals surface area (Å²) in [6, 6.07) is 2.13. The normalized spacial score (nSPS) is 20.2. The van der Waals surface area contributed by atoms with E-state index < -0.39 is 5.60 Å². The summed E-state index contributed by atoms with van der Waals surface area (Å²) >= 11 is 1.72. The number of likely N-dealkylation sites (N-methyl/N-ethyl adjacent to an activating group) is 1. The molecule has 90 valence electrons. The maximum Gasteiger partial charge on any atom is 0.0817 e. The highest BCUT2D eigenvalue weighted by atomic mass is 32.1. The van der Waals surface area contributed by atoms with Gasteiger partial charge in [-0.3, -0.25) is 4.90 Å². The second-order valence-corrected chi connectivity index (χ2v) is 5.42. The van der Waals surface area contributed by atoms with Gasteiger partial charge in [0.1, 0.15) is 0 Å². The Labute approximate surface area is 101 Å². The summed E-state index contributed by atoms with van der Waals surface area (Å²) in [5.41, 5.74) is 0.770. The zero-order valence-corrected chi connectivity index (χ0v) is 10.5. The van der Waals surface area contributed by atoms with Crippen molar-refractivity contribution in [2.24, 2.45) is 0 Å². The van der Waals surface area contributed by atoms with E-state index in [1.54, 1.807) is 11.3 Å². The van der Waals surface area contributed by atoms with Gasteiger partial charge in [-0.1, -0.05) is 0 Å². The lowest BCUT2D eigenvalue weighted by Crippen LogP contribution is -2.45. The third kappa shape index (κ3) is 3.28. The van der Waals surface area contributed by atoms with Crippen LogP contribution in [0.3, 0.4) is 0 Å². The van der Waals surface area contributed by atoms with Crippen LogP contribution in [0.4, 0.5) is 0 Å². The first kappa shape index (κ1) is 12.0. The lowest BCUT2D eigenvalue weighted by atomic mass is 9.94. The summed E-state index contributed by atoms with van der Waals surface area (Å²) in [6.45, 7) is 3.00. The Balaban J connectivity index is 1.84. The van der Waals surface area contributed by atoms with Crippen LogP contribution in [0, 0.1) is 0 Å². The molecule has 0 aliphatic carbocycles. The molecule has 1 fully saturated rings. The molecular weight excluding hydrogens is 222 g/mol. The predicted octanol–water partition coefficient (Wildman–Crippen LogP) is 1.72. The SMILES string of the molecule is CN(Cc1ccsc1)CC1(O)CCOCC1. The highest BCUT2D eigenvalue weighted by Gasteiger charge is 2.30. The molecule has 1 aliphatic rings. The molecule has 0 unspecified atom stereocenters. The standard InChI is InChI=1S/C12H19NO2S/c1-13(8-11-2-7-16-9-11)10-12(14)3-5-15-6-4-12/h2,7,9,14H,3-6,8,10H2,1H3. The fraction of sp³-hybridized carbons (Fsp3) is 0.667. The van der Waals surface area contributed by atoms with E-state index >= 15 is 0 Å². The van der Waals surface area contributed by atoms with Crippen LogP contribution in [0.5, 0.6) is 0 Å². The summed E-state index contributed by atoms with van der Waals surface area (Å²) in [4.78, 5) is 2.19. The molecular formula is C12H19NO2S. The zero-order chi connectivity index (χ0) is 11.4. The number of hydrogen-bond donors (Lipinski definition) is 1. The molecule has 1 aliphatic heterocycles. The van der Waals surface area contributed by atoms with Crippen LogP contribution in [-0.4, -0.2) is 42.4 Å². The lowest BCUT2D eigenvalue weighted by Gasteiger charge is -2.35. The van der Waals surface area contributed by atoms with E-state index in [1.165, 1.54) is 5.56 Å². The first-order chi connectivity index (χ1) is 7.68. The van der Waals surface area contributed by atoms with E-state index in [2.05, 4.69) is 28.8 Å². The zero-order valence-electron chi connectivity index (χ0n) is 9.69. The quantitative estimate of drug-likeness (QED) is 0.871. The van der Waals surface area contributed by atoms with Crippen LogP contribution in [0.2, 0.25) is 0 Å². The van der Waals surface area contributed by atoms with E-state index in [-0.39, 0.29) is 0 Å². The van der Waals surface area contributed by atoms with Crippen molar-refractivity contribution in [3.63, 3.8) is 0 Å². The number of rotatable bonds is 4. The predicted molar refractivity (Wildman–Crippen MR) is 65.7 cm³/mol. The average Bonchev–Trinajstić information content (AvgIpc) is 2.70. The Kier molecular flexibility index (Phi) is 3.97. The smallest absolute Gasteiger partial charge is 0.0817 e. The summed E-state index contributed by atoms with van der Waals surface area (Å²) in [5.74, 6) is 0. The topological polar surface area (TPSA) is 32.7 Å². The van der Waals surface area contributed by atoms with Gasteiger partial charge in [-0.25, -0.2) is 0 Å². The second-order valence-electron chi connectivity index (χ2n) is 4.64. The molecule has 1 N–H and O–H groups in total. The number of ether oxygens (including phenoxy) is 1. The van der Waals surface area contributed by atoms with Gasteiger partial charge in [0, 0.05) is 39.1 Å². The van der Waals surface area contributed by atoms with Gasteiger partial charge in [-0.2, -0.15) is 11.3 Å². The Bertz CT molecular complexity index is 307. The number of nitrogens with zero attached hydrogens (tertiary/aromatic N) is 1. The van der Waals surface area contributed by atoms with Crippen LogP contribution >= 0.6 is 11.3 Å². The molecule has 0 saturated carbocycles. The molecule has 1 aromatic heterocycles. The molecule has 2 heterocycles. The van der Waals surface area contributed by atoms with Gasteiger partial charge in [-0.15, -0.1) is 0 Å². The first-order valence-corrected chi connectivity index (χ1v) is 6.62. The largest absolute Gasteiger partial charge is 0.388 e. The van der Waals surface area contributed by atoms with Crippen molar-refractivity contribution in [3.05, 3.63) is 22.4 Å². The molecule has 1 aromatic rings. The van der Waals surface area contributed by atoms with Crippen LogP contribution in [-0.2, 0) is 11.3 Å². The van der Waals surface area contributed by atoms with Gasteiger partial charge in [-0.05, 0) is 29.4 Å². The van der Waals surface area contributed by atoms with E-state index in [4.69, 9.17) is 4.74 Å². The van der Waals surface area contributed by atoms with Crippen molar-refractivity contribution in [3.8, 4) is 0 Å².